The molecule has 3 heterocycles. The highest BCUT2D eigenvalue weighted by Gasteiger charge is 2.27. The first-order valence-electron chi connectivity index (χ1n) is 11.2. The Morgan fingerprint density at radius 3 is 2.88 bits per heavy atom. The number of aromatic nitrogens is 3. The van der Waals surface area contributed by atoms with Crippen LogP contribution in [0.4, 0.5) is 10.6 Å². The van der Waals surface area contributed by atoms with E-state index in [2.05, 4.69) is 15.2 Å². The highest BCUT2D eigenvalue weighted by molar-refractivity contribution is 5.92. The van der Waals surface area contributed by atoms with Crippen LogP contribution in [0.2, 0.25) is 0 Å². The van der Waals surface area contributed by atoms with Gasteiger partial charge in [0, 0.05) is 36.4 Å². The Balaban J connectivity index is 1.35. The maximum atomic E-state index is 12.3. The Morgan fingerprint density at radius 1 is 1.18 bits per heavy atom. The van der Waals surface area contributed by atoms with Gasteiger partial charge in [0.2, 0.25) is 0 Å². The van der Waals surface area contributed by atoms with Crippen LogP contribution in [-0.2, 0) is 11.3 Å². The van der Waals surface area contributed by atoms with E-state index in [0.717, 1.165) is 40.8 Å². The molecule has 0 aliphatic carbocycles. The standard InChI is InChI=1S/C26H25N5O3/c1-17-8-9-20-22(13-17)29-24(21-6-2-3-7-23(21)32)30-25(20)31-12-10-19(15-31)28-26(33)34-16-18-5-4-11-27-14-18/h2-9,11,13-14,19,32H,10,12,15-16H2,1H3,(H,28,33). The molecule has 1 amide bonds. The van der Waals surface area contributed by atoms with Crippen LogP contribution in [0.1, 0.15) is 17.5 Å². The topological polar surface area (TPSA) is 100 Å². The average molecular weight is 456 g/mol. The molecule has 0 radical (unpaired) electrons. The van der Waals surface area contributed by atoms with E-state index in [1.807, 2.05) is 49.4 Å². The summed E-state index contributed by atoms with van der Waals surface area (Å²) in [6.45, 7) is 3.53. The van der Waals surface area contributed by atoms with Crippen LogP contribution in [0, 0.1) is 6.92 Å². The second-order valence-corrected chi connectivity index (χ2v) is 8.42. The van der Waals surface area contributed by atoms with E-state index in [0.29, 0.717) is 17.9 Å². The van der Waals surface area contributed by atoms with E-state index in [4.69, 9.17) is 14.7 Å². The lowest BCUT2D eigenvalue weighted by Crippen LogP contribution is -2.37. The van der Waals surface area contributed by atoms with Crippen molar-refractivity contribution >= 4 is 22.8 Å². The largest absolute Gasteiger partial charge is 0.507 e. The van der Waals surface area contributed by atoms with Gasteiger partial charge < -0.3 is 20.1 Å². The third kappa shape index (κ3) is 4.61. The van der Waals surface area contributed by atoms with Crippen LogP contribution in [-0.4, -0.2) is 45.3 Å². The molecule has 4 aromatic rings. The maximum Gasteiger partial charge on any atom is 0.407 e. The van der Waals surface area contributed by atoms with Crippen LogP contribution in [0.15, 0.2) is 67.0 Å². The lowest BCUT2D eigenvalue weighted by atomic mass is 10.1. The van der Waals surface area contributed by atoms with Gasteiger partial charge in [0.1, 0.15) is 18.2 Å². The van der Waals surface area contributed by atoms with Crippen molar-refractivity contribution < 1.29 is 14.6 Å². The first kappa shape index (κ1) is 21.6. The van der Waals surface area contributed by atoms with Crippen molar-refractivity contribution in [1.82, 2.24) is 20.3 Å². The number of fused-ring (bicyclic) bond motifs is 1. The van der Waals surface area contributed by atoms with Crippen molar-refractivity contribution in [2.75, 3.05) is 18.0 Å². The highest BCUT2D eigenvalue weighted by Crippen LogP contribution is 2.33. The Morgan fingerprint density at radius 2 is 2.06 bits per heavy atom. The van der Waals surface area contributed by atoms with Gasteiger partial charge in [-0.15, -0.1) is 0 Å². The number of aromatic hydroxyl groups is 1. The molecule has 8 nitrogen and oxygen atoms in total. The van der Waals surface area contributed by atoms with E-state index in [1.54, 1.807) is 24.5 Å². The number of benzene rings is 2. The quantitative estimate of drug-likeness (QED) is 0.465. The Kier molecular flexibility index (Phi) is 5.95. The molecule has 34 heavy (non-hydrogen) atoms. The molecule has 2 aromatic heterocycles. The third-order valence-electron chi connectivity index (χ3n) is 5.88. The smallest absolute Gasteiger partial charge is 0.407 e. The van der Waals surface area contributed by atoms with Gasteiger partial charge in [0.15, 0.2) is 5.82 Å². The molecule has 1 aliphatic rings. The highest BCUT2D eigenvalue weighted by atomic mass is 16.5. The first-order valence-corrected chi connectivity index (χ1v) is 11.2. The Labute approximate surface area is 197 Å². The molecule has 0 saturated carbocycles. The number of aryl methyl sites for hydroxylation is 1. The van der Waals surface area contributed by atoms with Crippen LogP contribution >= 0.6 is 0 Å². The van der Waals surface area contributed by atoms with Crippen LogP contribution in [0.3, 0.4) is 0 Å². The molecule has 8 heteroatoms. The molecule has 1 fully saturated rings. The maximum absolute atomic E-state index is 12.3. The minimum Gasteiger partial charge on any atom is -0.507 e. The number of nitrogens with zero attached hydrogens (tertiary/aromatic N) is 4. The van der Waals surface area contributed by atoms with Gasteiger partial charge in [-0.2, -0.15) is 0 Å². The van der Waals surface area contributed by atoms with Crippen molar-refractivity contribution in [3.05, 3.63) is 78.1 Å². The first-order chi connectivity index (χ1) is 16.6. The number of pyridine rings is 1. The number of hydrogen-bond acceptors (Lipinski definition) is 7. The molecule has 1 unspecified atom stereocenters. The third-order valence-corrected chi connectivity index (χ3v) is 5.88. The number of amides is 1. The van der Waals surface area contributed by atoms with E-state index in [9.17, 15) is 9.90 Å². The van der Waals surface area contributed by atoms with Crippen molar-refractivity contribution in [3.8, 4) is 17.1 Å². The van der Waals surface area contributed by atoms with Gasteiger partial charge in [-0.1, -0.05) is 24.3 Å². The molecular formula is C26H25N5O3. The van der Waals surface area contributed by atoms with E-state index < -0.39 is 6.09 Å². The predicted octanol–water partition coefficient (Wildman–Crippen LogP) is 4.21. The molecule has 2 N–H and O–H groups in total. The molecule has 172 valence electrons. The van der Waals surface area contributed by atoms with Gasteiger partial charge >= 0.3 is 6.09 Å². The Hall–Kier alpha value is -4.20. The van der Waals surface area contributed by atoms with Gasteiger partial charge in [-0.3, -0.25) is 4.98 Å². The molecular weight excluding hydrogens is 430 g/mol. The minimum absolute atomic E-state index is 0.0644. The lowest BCUT2D eigenvalue weighted by molar-refractivity contribution is 0.136. The van der Waals surface area contributed by atoms with E-state index in [-0.39, 0.29) is 18.4 Å². The number of hydrogen-bond donors (Lipinski definition) is 2. The van der Waals surface area contributed by atoms with Crippen molar-refractivity contribution in [2.45, 2.75) is 26.0 Å². The molecule has 5 rings (SSSR count). The zero-order chi connectivity index (χ0) is 23.5. The fourth-order valence-corrected chi connectivity index (χ4v) is 4.16. The number of anilines is 1. The summed E-state index contributed by atoms with van der Waals surface area (Å²) < 4.78 is 5.34. The summed E-state index contributed by atoms with van der Waals surface area (Å²) in [7, 11) is 0. The zero-order valence-electron chi connectivity index (χ0n) is 18.8. The number of ether oxygens (including phenoxy) is 1. The second kappa shape index (κ2) is 9.35. The van der Waals surface area contributed by atoms with Gasteiger partial charge in [-0.25, -0.2) is 14.8 Å². The predicted molar refractivity (Wildman–Crippen MR) is 130 cm³/mol. The van der Waals surface area contributed by atoms with Crippen LogP contribution < -0.4 is 10.2 Å². The van der Waals surface area contributed by atoms with Crippen molar-refractivity contribution in [2.24, 2.45) is 0 Å². The van der Waals surface area contributed by atoms with Crippen LogP contribution in [0.25, 0.3) is 22.3 Å². The normalized spacial score (nSPS) is 15.4. The zero-order valence-corrected chi connectivity index (χ0v) is 18.8. The number of alkyl carbamates (subject to hydrolysis) is 1. The summed E-state index contributed by atoms with van der Waals surface area (Å²) in [4.78, 5) is 28.1. The van der Waals surface area contributed by atoms with Crippen LogP contribution in [0.5, 0.6) is 5.75 Å². The summed E-state index contributed by atoms with van der Waals surface area (Å²) in [5, 5.41) is 14.3. The SMILES string of the molecule is Cc1ccc2c(N3CCC(NC(=O)OCc4cccnc4)C3)nc(-c3ccccc3O)nc2c1. The fraction of sp³-hybridized carbons (Fsp3) is 0.231. The fourth-order valence-electron chi connectivity index (χ4n) is 4.16. The van der Waals surface area contributed by atoms with Crippen molar-refractivity contribution in [3.63, 3.8) is 0 Å². The Bertz CT molecular complexity index is 1330. The molecule has 1 aliphatic heterocycles. The number of nitrogens with one attached hydrogen (secondary N) is 1. The number of carbonyl (C=O) groups excluding carboxylic acids is 1. The molecule has 0 spiro atoms. The van der Waals surface area contributed by atoms with E-state index in [1.165, 1.54) is 0 Å². The summed E-state index contributed by atoms with van der Waals surface area (Å²) >= 11 is 0. The summed E-state index contributed by atoms with van der Waals surface area (Å²) in [5.41, 5.74) is 3.33. The second-order valence-electron chi connectivity index (χ2n) is 8.42. The number of para-hydroxylation sites is 1. The number of rotatable bonds is 5. The molecule has 1 saturated heterocycles. The molecule has 1 atom stereocenters. The van der Waals surface area contributed by atoms with Gasteiger partial charge in [0.05, 0.1) is 17.1 Å². The number of phenolic OH excluding ortho intramolecular Hbond substituents is 1. The minimum atomic E-state index is -0.450. The monoisotopic (exact) mass is 455 g/mol. The number of phenols is 1. The van der Waals surface area contributed by atoms with E-state index >= 15 is 0 Å². The summed E-state index contributed by atoms with van der Waals surface area (Å²) in [6.07, 6.45) is 3.67. The lowest BCUT2D eigenvalue weighted by Gasteiger charge is -2.21. The molecule has 2 aromatic carbocycles. The summed E-state index contributed by atoms with van der Waals surface area (Å²) in [6, 6.07) is 16.8. The van der Waals surface area contributed by atoms with Gasteiger partial charge in [-0.05, 0) is 49.2 Å². The van der Waals surface area contributed by atoms with Crippen molar-refractivity contribution in [1.29, 1.82) is 0 Å². The molecule has 0 bridgehead atoms. The summed E-state index contributed by atoms with van der Waals surface area (Å²) in [5.74, 6) is 1.40. The van der Waals surface area contributed by atoms with Gasteiger partial charge in [0.25, 0.3) is 0 Å². The average Bonchev–Trinajstić information content (AvgIpc) is 3.31. The number of carbonyl (C=O) groups is 1.